The van der Waals surface area contributed by atoms with Gasteiger partial charge in [-0.15, -0.1) is 0 Å². The van der Waals surface area contributed by atoms with E-state index in [0.29, 0.717) is 19.6 Å². The third kappa shape index (κ3) is 2.93. The first kappa shape index (κ1) is 16.3. The van der Waals surface area contributed by atoms with E-state index in [1.165, 1.54) is 0 Å². The van der Waals surface area contributed by atoms with E-state index in [2.05, 4.69) is 19.2 Å². The third-order valence-corrected chi connectivity index (χ3v) is 4.98. The van der Waals surface area contributed by atoms with Gasteiger partial charge in [-0.2, -0.15) is 0 Å². The molecule has 2 rings (SSSR count). The van der Waals surface area contributed by atoms with Crippen LogP contribution in [-0.2, 0) is 14.3 Å². The van der Waals surface area contributed by atoms with Gasteiger partial charge in [-0.25, -0.2) is 0 Å². The highest BCUT2D eigenvalue weighted by molar-refractivity contribution is 5.90. The van der Waals surface area contributed by atoms with Gasteiger partial charge in [0.2, 0.25) is 11.8 Å². The van der Waals surface area contributed by atoms with Crippen LogP contribution in [0.4, 0.5) is 0 Å². The Balaban J connectivity index is 2.15. The molecule has 5 heteroatoms. The molecule has 1 heterocycles. The van der Waals surface area contributed by atoms with Gasteiger partial charge in [0.25, 0.3) is 0 Å². The molecule has 5 nitrogen and oxygen atoms in total. The predicted molar refractivity (Wildman–Crippen MR) is 80.7 cm³/mol. The Morgan fingerprint density at radius 2 is 2.05 bits per heavy atom. The average molecular weight is 296 g/mol. The summed E-state index contributed by atoms with van der Waals surface area (Å²) in [6, 6.07) is -0.238. The molecule has 0 spiro atoms. The van der Waals surface area contributed by atoms with Gasteiger partial charge in [0.1, 0.15) is 6.04 Å². The second-order valence-corrected chi connectivity index (χ2v) is 7.09. The molecule has 1 saturated heterocycles. The largest absolute Gasteiger partial charge is 0.378 e. The van der Waals surface area contributed by atoms with Crippen LogP contribution in [0, 0.1) is 11.3 Å². The summed E-state index contributed by atoms with van der Waals surface area (Å²) >= 11 is 0. The molecule has 3 atom stereocenters. The zero-order chi connectivity index (χ0) is 15.8. The molecule has 3 unspecified atom stereocenters. The van der Waals surface area contributed by atoms with Crippen molar-refractivity contribution in [3.63, 3.8) is 0 Å². The number of hydrogen-bond acceptors (Lipinski definition) is 3. The monoisotopic (exact) mass is 296 g/mol. The Kier molecular flexibility index (Phi) is 4.61. The fraction of sp³-hybridized carbons (Fsp3) is 0.875. The zero-order valence-electron chi connectivity index (χ0n) is 13.8. The first-order chi connectivity index (χ1) is 9.78. The van der Waals surface area contributed by atoms with Crippen LogP contribution in [0.1, 0.15) is 47.5 Å². The van der Waals surface area contributed by atoms with E-state index in [-0.39, 0.29) is 35.3 Å². The molecule has 1 aliphatic heterocycles. The normalized spacial score (nSPS) is 32.7. The minimum atomic E-state index is -0.401. The maximum Gasteiger partial charge on any atom is 0.245 e. The Morgan fingerprint density at radius 1 is 1.38 bits per heavy atom. The number of carbonyl (C=O) groups excluding carboxylic acids is 2. The summed E-state index contributed by atoms with van der Waals surface area (Å²) in [7, 11) is 0. The molecule has 2 fully saturated rings. The van der Waals surface area contributed by atoms with Crippen LogP contribution < -0.4 is 5.32 Å². The van der Waals surface area contributed by atoms with E-state index in [0.717, 1.165) is 6.42 Å². The minimum absolute atomic E-state index is 0.0250. The number of amides is 2. The van der Waals surface area contributed by atoms with Crippen LogP contribution in [0.25, 0.3) is 0 Å². The van der Waals surface area contributed by atoms with Crippen LogP contribution in [0.5, 0.6) is 0 Å². The van der Waals surface area contributed by atoms with Gasteiger partial charge in [0.15, 0.2) is 0 Å². The smallest absolute Gasteiger partial charge is 0.245 e. The molecule has 2 aliphatic rings. The molecule has 1 N–H and O–H groups in total. The van der Waals surface area contributed by atoms with Crippen LogP contribution in [0.3, 0.4) is 0 Å². The van der Waals surface area contributed by atoms with E-state index < -0.39 is 6.04 Å². The SMILES string of the molecule is CCOC1CC(N2CCC(=O)NC(C(C)C)C2=O)C1(C)C. The Hall–Kier alpha value is -1.10. The van der Waals surface area contributed by atoms with Crippen LogP contribution >= 0.6 is 0 Å². The number of nitrogens with one attached hydrogen (secondary N) is 1. The predicted octanol–water partition coefficient (Wildman–Crippen LogP) is 1.56. The van der Waals surface area contributed by atoms with E-state index in [1.807, 2.05) is 25.7 Å². The summed E-state index contributed by atoms with van der Waals surface area (Å²) in [6.07, 6.45) is 1.46. The highest BCUT2D eigenvalue weighted by Crippen LogP contribution is 2.46. The lowest BCUT2D eigenvalue weighted by molar-refractivity contribution is -0.168. The maximum atomic E-state index is 12.8. The lowest BCUT2D eigenvalue weighted by Crippen LogP contribution is -2.65. The summed E-state index contributed by atoms with van der Waals surface area (Å²) in [5.74, 6) is 0.139. The quantitative estimate of drug-likeness (QED) is 0.856. The lowest BCUT2D eigenvalue weighted by atomic mass is 9.63. The Morgan fingerprint density at radius 3 is 2.57 bits per heavy atom. The summed E-state index contributed by atoms with van der Waals surface area (Å²) in [5, 5.41) is 2.86. The van der Waals surface area contributed by atoms with Crippen LogP contribution in [-0.4, -0.2) is 48.1 Å². The molecular weight excluding hydrogens is 268 g/mol. The molecule has 0 aromatic rings. The summed E-state index contributed by atoms with van der Waals surface area (Å²) in [4.78, 5) is 26.5. The van der Waals surface area contributed by atoms with Crippen molar-refractivity contribution >= 4 is 11.8 Å². The second kappa shape index (κ2) is 5.95. The summed E-state index contributed by atoms with van der Waals surface area (Å²) in [6.45, 7) is 11.5. The minimum Gasteiger partial charge on any atom is -0.378 e. The van der Waals surface area contributed by atoms with Gasteiger partial charge in [-0.3, -0.25) is 9.59 Å². The van der Waals surface area contributed by atoms with Crippen molar-refractivity contribution in [2.45, 2.75) is 65.6 Å². The van der Waals surface area contributed by atoms with Gasteiger partial charge in [0, 0.05) is 31.0 Å². The molecule has 120 valence electrons. The van der Waals surface area contributed by atoms with E-state index in [4.69, 9.17) is 4.74 Å². The number of hydrogen-bond donors (Lipinski definition) is 1. The molecular formula is C16H28N2O3. The van der Waals surface area contributed by atoms with Gasteiger partial charge in [-0.1, -0.05) is 27.7 Å². The van der Waals surface area contributed by atoms with Crippen molar-refractivity contribution in [3.8, 4) is 0 Å². The first-order valence-electron chi connectivity index (χ1n) is 8.00. The van der Waals surface area contributed by atoms with Crippen LogP contribution in [0.15, 0.2) is 0 Å². The topological polar surface area (TPSA) is 58.6 Å². The maximum absolute atomic E-state index is 12.8. The second-order valence-electron chi connectivity index (χ2n) is 7.09. The first-order valence-corrected chi connectivity index (χ1v) is 8.00. The van der Waals surface area contributed by atoms with Gasteiger partial charge in [-0.05, 0) is 19.3 Å². The van der Waals surface area contributed by atoms with E-state index in [1.54, 1.807) is 0 Å². The van der Waals surface area contributed by atoms with E-state index >= 15 is 0 Å². The Bertz CT molecular complexity index is 420. The fourth-order valence-corrected chi connectivity index (χ4v) is 3.46. The Labute approximate surface area is 127 Å². The molecule has 2 amide bonds. The van der Waals surface area contributed by atoms with Crippen molar-refractivity contribution in [3.05, 3.63) is 0 Å². The molecule has 1 saturated carbocycles. The summed E-state index contributed by atoms with van der Waals surface area (Å²) in [5.41, 5.74) is -0.0550. The summed E-state index contributed by atoms with van der Waals surface area (Å²) < 4.78 is 5.76. The van der Waals surface area contributed by atoms with Crippen molar-refractivity contribution < 1.29 is 14.3 Å². The van der Waals surface area contributed by atoms with E-state index in [9.17, 15) is 9.59 Å². The standard InChI is InChI=1S/C16H28N2O3/c1-6-21-12-9-11(16(12,4)5)18-8-7-13(19)17-14(10(2)3)15(18)20/h10-12,14H,6-9H2,1-5H3,(H,17,19). The van der Waals surface area contributed by atoms with Crippen molar-refractivity contribution in [2.75, 3.05) is 13.2 Å². The van der Waals surface area contributed by atoms with Gasteiger partial charge >= 0.3 is 0 Å². The molecule has 0 bridgehead atoms. The third-order valence-electron chi connectivity index (χ3n) is 4.98. The number of ether oxygens (including phenoxy) is 1. The van der Waals surface area contributed by atoms with Crippen molar-refractivity contribution in [2.24, 2.45) is 11.3 Å². The average Bonchev–Trinajstić information content (AvgIpc) is 2.55. The highest BCUT2D eigenvalue weighted by Gasteiger charge is 2.53. The molecule has 21 heavy (non-hydrogen) atoms. The molecule has 0 radical (unpaired) electrons. The van der Waals surface area contributed by atoms with Crippen molar-refractivity contribution in [1.82, 2.24) is 10.2 Å². The van der Waals surface area contributed by atoms with Gasteiger partial charge in [0.05, 0.1) is 6.10 Å². The number of rotatable bonds is 4. The number of carbonyl (C=O) groups is 2. The molecule has 0 aromatic heterocycles. The van der Waals surface area contributed by atoms with Crippen molar-refractivity contribution in [1.29, 1.82) is 0 Å². The zero-order valence-corrected chi connectivity index (χ0v) is 13.8. The van der Waals surface area contributed by atoms with Gasteiger partial charge < -0.3 is 15.0 Å². The fourth-order valence-electron chi connectivity index (χ4n) is 3.46. The molecule has 1 aliphatic carbocycles. The molecule has 0 aromatic carbocycles. The van der Waals surface area contributed by atoms with Crippen LogP contribution in [0.2, 0.25) is 0 Å². The lowest BCUT2D eigenvalue weighted by Gasteiger charge is -2.55. The number of nitrogens with zero attached hydrogens (tertiary/aromatic N) is 1. The highest BCUT2D eigenvalue weighted by atomic mass is 16.5.